The normalized spacial score (nSPS) is 11.4. The maximum Gasteiger partial charge on any atom is 0.270 e. The third kappa shape index (κ3) is 3.19. The fourth-order valence-electron chi connectivity index (χ4n) is 1.42. The highest BCUT2D eigenvalue weighted by atomic mass is 35.5. The van der Waals surface area contributed by atoms with Crippen LogP contribution >= 0.6 is 22.9 Å². The Labute approximate surface area is 105 Å². The Balaban J connectivity index is 2.53. The van der Waals surface area contributed by atoms with Gasteiger partial charge in [-0.25, -0.2) is 4.98 Å². The third-order valence-corrected chi connectivity index (χ3v) is 4.23. The fraction of sp³-hybridized carbons (Fsp3) is 0.636. The largest absolute Gasteiger partial charge is 0.350 e. The van der Waals surface area contributed by atoms with Gasteiger partial charge in [0.05, 0.1) is 5.51 Å². The summed E-state index contributed by atoms with van der Waals surface area (Å²) < 4.78 is 0. The van der Waals surface area contributed by atoms with Crippen LogP contribution in [0.15, 0.2) is 10.9 Å². The van der Waals surface area contributed by atoms with Gasteiger partial charge in [0.25, 0.3) is 5.91 Å². The van der Waals surface area contributed by atoms with Crippen LogP contribution in [0.4, 0.5) is 0 Å². The van der Waals surface area contributed by atoms with Crippen LogP contribution in [0.25, 0.3) is 0 Å². The number of thiazole rings is 1. The van der Waals surface area contributed by atoms with Crippen LogP contribution in [-0.2, 0) is 0 Å². The molecule has 5 heteroatoms. The first-order chi connectivity index (χ1) is 7.67. The number of carbonyl (C=O) groups is 1. The maximum absolute atomic E-state index is 11.7. The van der Waals surface area contributed by atoms with E-state index in [1.54, 1.807) is 10.9 Å². The molecule has 1 aromatic heterocycles. The molecule has 0 fully saturated rings. The van der Waals surface area contributed by atoms with Gasteiger partial charge in [-0.15, -0.1) is 22.9 Å². The van der Waals surface area contributed by atoms with E-state index in [9.17, 15) is 4.79 Å². The van der Waals surface area contributed by atoms with Crippen molar-refractivity contribution in [2.24, 2.45) is 5.41 Å². The van der Waals surface area contributed by atoms with Crippen LogP contribution in [0.1, 0.15) is 37.2 Å². The standard InChI is InChI=1S/C11H17ClN2OS/c1-3-11(4-2,6-12)7-13-10(15)9-5-16-8-14-9/h5,8H,3-4,6-7H2,1-2H3,(H,13,15). The number of halogens is 1. The van der Waals surface area contributed by atoms with Crippen molar-refractivity contribution in [3.05, 3.63) is 16.6 Å². The molecule has 0 saturated heterocycles. The van der Waals surface area contributed by atoms with E-state index in [0.29, 0.717) is 18.1 Å². The number of nitrogens with zero attached hydrogens (tertiary/aromatic N) is 1. The Kier molecular flexibility index (Phi) is 5.22. The second-order valence-electron chi connectivity index (χ2n) is 3.90. The van der Waals surface area contributed by atoms with Gasteiger partial charge in [-0.1, -0.05) is 13.8 Å². The van der Waals surface area contributed by atoms with Crippen molar-refractivity contribution in [3.8, 4) is 0 Å². The smallest absolute Gasteiger partial charge is 0.270 e. The highest BCUT2D eigenvalue weighted by Gasteiger charge is 2.25. The number of amides is 1. The second-order valence-corrected chi connectivity index (χ2v) is 4.88. The van der Waals surface area contributed by atoms with Gasteiger partial charge in [0, 0.05) is 23.2 Å². The summed E-state index contributed by atoms with van der Waals surface area (Å²) in [5.41, 5.74) is 2.15. The monoisotopic (exact) mass is 260 g/mol. The quantitative estimate of drug-likeness (QED) is 0.799. The lowest BCUT2D eigenvalue weighted by atomic mass is 9.84. The fourth-order valence-corrected chi connectivity index (χ4v) is 2.42. The summed E-state index contributed by atoms with van der Waals surface area (Å²) in [6.45, 7) is 4.81. The molecule has 1 aromatic rings. The minimum absolute atomic E-state index is 0.00718. The van der Waals surface area contributed by atoms with Crippen molar-refractivity contribution in [1.82, 2.24) is 10.3 Å². The molecule has 0 radical (unpaired) electrons. The number of carbonyl (C=O) groups excluding carboxylic acids is 1. The summed E-state index contributed by atoms with van der Waals surface area (Å²) in [7, 11) is 0. The first kappa shape index (κ1) is 13.5. The van der Waals surface area contributed by atoms with Crippen molar-refractivity contribution < 1.29 is 4.79 Å². The predicted octanol–water partition coefficient (Wildman–Crippen LogP) is 2.92. The molecular formula is C11H17ClN2OS. The highest BCUT2D eigenvalue weighted by molar-refractivity contribution is 7.07. The van der Waals surface area contributed by atoms with Crippen LogP contribution in [0.2, 0.25) is 0 Å². The van der Waals surface area contributed by atoms with Crippen LogP contribution in [0.3, 0.4) is 0 Å². The van der Waals surface area contributed by atoms with Crippen molar-refractivity contribution in [1.29, 1.82) is 0 Å². The molecule has 16 heavy (non-hydrogen) atoms. The SMILES string of the molecule is CCC(CC)(CCl)CNC(=O)c1cscn1. The Morgan fingerprint density at radius 1 is 1.56 bits per heavy atom. The van der Waals surface area contributed by atoms with Crippen molar-refractivity contribution >= 4 is 28.8 Å². The van der Waals surface area contributed by atoms with E-state index in [-0.39, 0.29) is 11.3 Å². The average Bonchev–Trinajstić information content (AvgIpc) is 2.85. The van der Waals surface area contributed by atoms with Gasteiger partial charge >= 0.3 is 0 Å². The molecule has 1 amide bonds. The van der Waals surface area contributed by atoms with Gasteiger partial charge in [-0.2, -0.15) is 0 Å². The van der Waals surface area contributed by atoms with Crippen molar-refractivity contribution in [2.45, 2.75) is 26.7 Å². The molecule has 0 bridgehead atoms. The molecule has 1 heterocycles. The summed E-state index contributed by atoms with van der Waals surface area (Å²) >= 11 is 7.39. The van der Waals surface area contributed by atoms with E-state index in [1.165, 1.54) is 11.3 Å². The van der Waals surface area contributed by atoms with Gasteiger partial charge in [-0.05, 0) is 12.8 Å². The summed E-state index contributed by atoms with van der Waals surface area (Å²) in [5, 5.41) is 4.65. The first-order valence-electron chi connectivity index (χ1n) is 5.40. The van der Waals surface area contributed by atoms with Crippen molar-refractivity contribution in [2.75, 3.05) is 12.4 Å². The zero-order valence-electron chi connectivity index (χ0n) is 9.62. The molecule has 3 nitrogen and oxygen atoms in total. The van der Waals surface area contributed by atoms with E-state index < -0.39 is 0 Å². The minimum atomic E-state index is -0.113. The van der Waals surface area contributed by atoms with Crippen LogP contribution in [0, 0.1) is 5.41 Å². The van der Waals surface area contributed by atoms with Gasteiger partial charge in [-0.3, -0.25) is 4.79 Å². The lowest BCUT2D eigenvalue weighted by molar-refractivity contribution is 0.0927. The van der Waals surface area contributed by atoms with Gasteiger partial charge in [0.15, 0.2) is 0 Å². The number of rotatable bonds is 6. The molecular weight excluding hydrogens is 244 g/mol. The summed E-state index contributed by atoms with van der Waals surface area (Å²) in [4.78, 5) is 15.7. The molecule has 0 unspecified atom stereocenters. The van der Waals surface area contributed by atoms with Gasteiger partial charge in [0.2, 0.25) is 0 Å². The van der Waals surface area contributed by atoms with Crippen LogP contribution in [0.5, 0.6) is 0 Å². The molecule has 0 aliphatic carbocycles. The summed E-state index contributed by atoms with van der Waals surface area (Å²) in [6.07, 6.45) is 1.93. The lowest BCUT2D eigenvalue weighted by Gasteiger charge is -2.29. The van der Waals surface area contributed by atoms with Gasteiger partial charge < -0.3 is 5.32 Å². The first-order valence-corrected chi connectivity index (χ1v) is 6.87. The zero-order chi connectivity index (χ0) is 12.0. The molecule has 0 spiro atoms. The van der Waals surface area contributed by atoms with E-state index in [0.717, 1.165) is 12.8 Å². The molecule has 0 aromatic carbocycles. The maximum atomic E-state index is 11.7. The third-order valence-electron chi connectivity index (χ3n) is 3.07. The van der Waals surface area contributed by atoms with E-state index in [1.807, 2.05) is 0 Å². The molecule has 90 valence electrons. The Bertz CT molecular complexity index is 314. The summed E-state index contributed by atoms with van der Waals surface area (Å²) in [5.74, 6) is 0.454. The highest BCUT2D eigenvalue weighted by Crippen LogP contribution is 2.26. The molecule has 0 saturated carbocycles. The lowest BCUT2D eigenvalue weighted by Crippen LogP contribution is -2.38. The average molecular weight is 261 g/mol. The Morgan fingerprint density at radius 3 is 2.69 bits per heavy atom. The predicted molar refractivity (Wildman–Crippen MR) is 68.2 cm³/mol. The Morgan fingerprint density at radius 2 is 2.25 bits per heavy atom. The summed E-state index contributed by atoms with van der Waals surface area (Å²) in [6, 6.07) is 0. The molecule has 1 N–H and O–H groups in total. The topological polar surface area (TPSA) is 42.0 Å². The van der Waals surface area contributed by atoms with E-state index in [2.05, 4.69) is 24.1 Å². The number of hydrogen-bond donors (Lipinski definition) is 1. The second kappa shape index (κ2) is 6.21. The number of hydrogen-bond acceptors (Lipinski definition) is 3. The number of aromatic nitrogens is 1. The zero-order valence-corrected chi connectivity index (χ0v) is 11.2. The number of alkyl halides is 1. The molecule has 0 aliphatic heterocycles. The van der Waals surface area contributed by atoms with E-state index in [4.69, 9.17) is 11.6 Å². The molecule has 0 atom stereocenters. The van der Waals surface area contributed by atoms with Crippen LogP contribution in [-0.4, -0.2) is 23.3 Å². The Hall–Kier alpha value is -0.610. The van der Waals surface area contributed by atoms with E-state index >= 15 is 0 Å². The van der Waals surface area contributed by atoms with Crippen LogP contribution < -0.4 is 5.32 Å². The minimum Gasteiger partial charge on any atom is -0.350 e. The number of nitrogens with one attached hydrogen (secondary N) is 1. The van der Waals surface area contributed by atoms with Gasteiger partial charge in [0.1, 0.15) is 5.69 Å². The molecule has 0 aliphatic rings. The molecule has 1 rings (SSSR count). The van der Waals surface area contributed by atoms with Crippen molar-refractivity contribution in [3.63, 3.8) is 0 Å².